The van der Waals surface area contributed by atoms with E-state index in [2.05, 4.69) is 4.99 Å². The van der Waals surface area contributed by atoms with Gasteiger partial charge in [0.25, 0.3) is 0 Å². The van der Waals surface area contributed by atoms with Crippen LogP contribution in [0, 0.1) is 0 Å². The van der Waals surface area contributed by atoms with Gasteiger partial charge < -0.3 is 19.8 Å². The molecule has 0 saturated carbocycles. The van der Waals surface area contributed by atoms with Crippen molar-refractivity contribution in [1.82, 2.24) is 0 Å². The molecule has 20 heavy (non-hydrogen) atoms. The number of carbonyl (C=O) groups is 2. The summed E-state index contributed by atoms with van der Waals surface area (Å²) in [6.07, 6.45) is 1.55. The van der Waals surface area contributed by atoms with Crippen molar-refractivity contribution < 1.29 is 19.8 Å². The first-order chi connectivity index (χ1) is 9.56. The van der Waals surface area contributed by atoms with Gasteiger partial charge in [-0.2, -0.15) is 0 Å². The molecule has 0 bridgehead atoms. The zero-order valence-electron chi connectivity index (χ0n) is 10.3. The number of aliphatic imine (C=N–C) groups is 1. The molecule has 0 aliphatic carbocycles. The van der Waals surface area contributed by atoms with Crippen LogP contribution in [0.25, 0.3) is 0 Å². The number of nitrogens with zero attached hydrogens (tertiary/aromatic N) is 1. The first kappa shape index (κ1) is 13.5. The van der Waals surface area contributed by atoms with Gasteiger partial charge in [0.05, 0.1) is 17.6 Å². The van der Waals surface area contributed by atoms with Crippen LogP contribution >= 0.6 is 0 Å². The van der Waals surface area contributed by atoms with Gasteiger partial charge in [0.1, 0.15) is 0 Å². The number of aromatic carboxylic acids is 2. The number of carboxylic acids is 2. The smallest absolute Gasteiger partial charge is 0.0715 e. The predicted molar refractivity (Wildman–Crippen MR) is 68.8 cm³/mol. The molecular formula is C15H9NO4-2. The van der Waals surface area contributed by atoms with E-state index < -0.39 is 11.9 Å². The second kappa shape index (κ2) is 5.79. The summed E-state index contributed by atoms with van der Waals surface area (Å²) in [6.45, 7) is 0. The lowest BCUT2D eigenvalue weighted by atomic mass is 10.1. The van der Waals surface area contributed by atoms with Gasteiger partial charge in [0.15, 0.2) is 0 Å². The molecule has 2 aromatic carbocycles. The van der Waals surface area contributed by atoms with Crippen molar-refractivity contribution in [1.29, 1.82) is 0 Å². The second-order valence-corrected chi connectivity index (χ2v) is 4.00. The van der Waals surface area contributed by atoms with Crippen LogP contribution in [0.15, 0.2) is 53.5 Å². The van der Waals surface area contributed by atoms with Crippen LogP contribution in [-0.4, -0.2) is 18.2 Å². The van der Waals surface area contributed by atoms with E-state index in [1.807, 2.05) is 0 Å². The minimum Gasteiger partial charge on any atom is -0.545 e. The Morgan fingerprint density at radius 3 is 1.70 bits per heavy atom. The van der Waals surface area contributed by atoms with Gasteiger partial charge in [-0.3, -0.25) is 4.99 Å². The molecule has 100 valence electrons. The van der Waals surface area contributed by atoms with Crippen molar-refractivity contribution >= 4 is 23.8 Å². The molecule has 5 nitrogen and oxygen atoms in total. The van der Waals surface area contributed by atoms with E-state index >= 15 is 0 Å². The van der Waals surface area contributed by atoms with E-state index in [4.69, 9.17) is 0 Å². The van der Waals surface area contributed by atoms with Crippen LogP contribution < -0.4 is 10.2 Å². The second-order valence-electron chi connectivity index (χ2n) is 4.00. The standard InChI is InChI=1S/C15H11NO4/c17-14(18)11-3-1-10(2-4-11)9-16-13-7-5-12(6-8-13)15(19)20/h1-9H,(H,17,18)(H,19,20)/p-2. The summed E-state index contributed by atoms with van der Waals surface area (Å²) in [6, 6.07) is 12.0. The maximum absolute atomic E-state index is 10.6. The highest BCUT2D eigenvalue weighted by Gasteiger charge is 1.95. The van der Waals surface area contributed by atoms with Crippen LogP contribution in [0.5, 0.6) is 0 Å². The molecule has 0 amide bonds. The Kier molecular flexibility index (Phi) is 3.91. The number of carboxylic acid groups (broad SMARTS) is 2. The van der Waals surface area contributed by atoms with Crippen molar-refractivity contribution in [2.45, 2.75) is 0 Å². The zero-order valence-corrected chi connectivity index (χ0v) is 10.3. The number of rotatable bonds is 4. The van der Waals surface area contributed by atoms with E-state index in [0.29, 0.717) is 5.69 Å². The lowest BCUT2D eigenvalue weighted by molar-refractivity contribution is -0.256. The fourth-order valence-corrected chi connectivity index (χ4v) is 1.54. The van der Waals surface area contributed by atoms with Crippen molar-refractivity contribution in [2.24, 2.45) is 4.99 Å². The van der Waals surface area contributed by atoms with Crippen LogP contribution in [0.4, 0.5) is 5.69 Å². The minimum atomic E-state index is -1.24. The summed E-state index contributed by atoms with van der Waals surface area (Å²) in [4.78, 5) is 25.3. The number of carbonyl (C=O) groups excluding carboxylic acids is 2. The van der Waals surface area contributed by atoms with Gasteiger partial charge >= 0.3 is 0 Å². The van der Waals surface area contributed by atoms with E-state index in [1.165, 1.54) is 24.3 Å². The van der Waals surface area contributed by atoms with Gasteiger partial charge in [0, 0.05) is 6.21 Å². The minimum absolute atomic E-state index is 0.0854. The summed E-state index contributed by atoms with van der Waals surface area (Å²) in [5.74, 6) is -2.47. The topological polar surface area (TPSA) is 92.6 Å². The molecular weight excluding hydrogens is 258 g/mol. The van der Waals surface area contributed by atoms with Crippen molar-refractivity contribution in [3.8, 4) is 0 Å². The highest BCUT2D eigenvalue weighted by molar-refractivity contribution is 5.89. The largest absolute Gasteiger partial charge is 0.545 e. The van der Waals surface area contributed by atoms with Crippen molar-refractivity contribution in [3.05, 3.63) is 65.2 Å². The number of benzene rings is 2. The first-order valence-corrected chi connectivity index (χ1v) is 5.73. The molecule has 0 aromatic heterocycles. The molecule has 0 fully saturated rings. The van der Waals surface area contributed by atoms with E-state index in [1.54, 1.807) is 30.5 Å². The van der Waals surface area contributed by atoms with Gasteiger partial charge in [-0.25, -0.2) is 0 Å². The fraction of sp³-hybridized carbons (Fsp3) is 0. The fourth-order valence-electron chi connectivity index (χ4n) is 1.54. The SMILES string of the molecule is O=C([O-])c1ccc(C=Nc2ccc(C(=O)[O-])cc2)cc1. The van der Waals surface area contributed by atoms with Gasteiger partial charge in [-0.1, -0.05) is 36.4 Å². The Hall–Kier alpha value is -2.95. The molecule has 0 N–H and O–H groups in total. The summed E-state index contributed by atoms with van der Waals surface area (Å²) in [7, 11) is 0. The molecule has 5 heteroatoms. The number of hydrogen-bond acceptors (Lipinski definition) is 5. The molecule has 0 saturated heterocycles. The van der Waals surface area contributed by atoms with E-state index in [0.717, 1.165) is 5.56 Å². The van der Waals surface area contributed by atoms with Crippen molar-refractivity contribution in [2.75, 3.05) is 0 Å². The third kappa shape index (κ3) is 3.29. The van der Waals surface area contributed by atoms with Crippen LogP contribution in [0.2, 0.25) is 0 Å². The highest BCUT2D eigenvalue weighted by atomic mass is 16.4. The Bertz CT molecular complexity index is 598. The molecule has 0 atom stereocenters. The summed E-state index contributed by atoms with van der Waals surface area (Å²) >= 11 is 0. The zero-order chi connectivity index (χ0) is 14.5. The molecule has 0 aliphatic rings. The van der Waals surface area contributed by atoms with Crippen LogP contribution in [0.1, 0.15) is 26.3 Å². The Morgan fingerprint density at radius 1 is 0.800 bits per heavy atom. The van der Waals surface area contributed by atoms with Gasteiger partial charge in [-0.15, -0.1) is 0 Å². The lowest BCUT2D eigenvalue weighted by Gasteiger charge is -2.02. The number of hydrogen-bond donors (Lipinski definition) is 0. The summed E-state index contributed by atoms with van der Waals surface area (Å²) in [5, 5.41) is 21.2. The Labute approximate surface area is 114 Å². The maximum atomic E-state index is 10.6. The van der Waals surface area contributed by atoms with Gasteiger partial charge in [-0.05, 0) is 28.8 Å². The summed E-state index contributed by atoms with van der Waals surface area (Å²) < 4.78 is 0. The quantitative estimate of drug-likeness (QED) is 0.738. The molecule has 2 aromatic rings. The summed E-state index contributed by atoms with van der Waals surface area (Å²) in [5.41, 5.74) is 1.49. The highest BCUT2D eigenvalue weighted by Crippen LogP contribution is 2.13. The van der Waals surface area contributed by atoms with E-state index in [9.17, 15) is 19.8 Å². The third-order valence-corrected chi connectivity index (χ3v) is 2.61. The molecule has 0 unspecified atom stereocenters. The predicted octanol–water partition coefficient (Wildman–Crippen LogP) is 0.164. The first-order valence-electron chi connectivity index (χ1n) is 5.73. The lowest BCUT2D eigenvalue weighted by Crippen LogP contribution is -2.21. The molecule has 0 heterocycles. The Balaban J connectivity index is 2.12. The normalized spacial score (nSPS) is 10.6. The van der Waals surface area contributed by atoms with Crippen LogP contribution in [0.3, 0.4) is 0 Å². The average molecular weight is 267 g/mol. The monoisotopic (exact) mass is 267 g/mol. The molecule has 0 aliphatic heterocycles. The van der Waals surface area contributed by atoms with Crippen molar-refractivity contribution in [3.63, 3.8) is 0 Å². The average Bonchev–Trinajstić information content (AvgIpc) is 2.46. The molecule has 0 radical (unpaired) electrons. The van der Waals surface area contributed by atoms with Gasteiger partial charge in [0.2, 0.25) is 0 Å². The molecule has 0 spiro atoms. The van der Waals surface area contributed by atoms with Crippen LogP contribution in [-0.2, 0) is 0 Å². The molecule has 2 rings (SSSR count). The maximum Gasteiger partial charge on any atom is 0.0715 e. The van der Waals surface area contributed by atoms with E-state index in [-0.39, 0.29) is 11.1 Å². The third-order valence-electron chi connectivity index (χ3n) is 2.61. The Morgan fingerprint density at radius 2 is 1.25 bits per heavy atom.